The maximum Gasteiger partial charge on any atom is 0.0363 e. The van der Waals surface area contributed by atoms with Crippen molar-refractivity contribution in [3.63, 3.8) is 0 Å². The minimum atomic E-state index is 0.776. The van der Waals surface area contributed by atoms with Crippen molar-refractivity contribution in [1.29, 1.82) is 0 Å². The van der Waals surface area contributed by atoms with Crippen molar-refractivity contribution in [1.82, 2.24) is 0 Å². The Hall–Kier alpha value is -0.980. The standard InChI is InChI=1S/C17H29N/c1-14(2)6-7-16-8-10-17(11-9-16)18(5)13-12-15(3)4/h8-11,14-15H,6-7,12-13H2,1-5H3. The van der Waals surface area contributed by atoms with Gasteiger partial charge in [-0.25, -0.2) is 0 Å². The van der Waals surface area contributed by atoms with Crippen molar-refractivity contribution in [3.8, 4) is 0 Å². The van der Waals surface area contributed by atoms with Gasteiger partial charge in [0.25, 0.3) is 0 Å². The van der Waals surface area contributed by atoms with E-state index in [1.807, 2.05) is 0 Å². The molecule has 0 fully saturated rings. The van der Waals surface area contributed by atoms with Gasteiger partial charge in [0, 0.05) is 19.3 Å². The Morgan fingerprint density at radius 3 is 1.94 bits per heavy atom. The second-order valence-corrected chi connectivity index (χ2v) is 6.20. The molecular formula is C17H29N. The molecule has 0 heterocycles. The summed E-state index contributed by atoms with van der Waals surface area (Å²) in [6.45, 7) is 10.3. The van der Waals surface area contributed by atoms with Crippen LogP contribution >= 0.6 is 0 Å². The summed E-state index contributed by atoms with van der Waals surface area (Å²) in [7, 11) is 2.19. The maximum atomic E-state index is 2.35. The van der Waals surface area contributed by atoms with Crippen molar-refractivity contribution in [2.24, 2.45) is 11.8 Å². The molecule has 0 N–H and O–H groups in total. The van der Waals surface area contributed by atoms with E-state index >= 15 is 0 Å². The molecule has 1 aromatic carbocycles. The van der Waals surface area contributed by atoms with Crippen LogP contribution in [0.5, 0.6) is 0 Å². The van der Waals surface area contributed by atoms with E-state index in [1.54, 1.807) is 0 Å². The van der Waals surface area contributed by atoms with E-state index in [0.717, 1.165) is 18.4 Å². The van der Waals surface area contributed by atoms with Gasteiger partial charge in [-0.05, 0) is 48.8 Å². The molecule has 0 saturated carbocycles. The van der Waals surface area contributed by atoms with Gasteiger partial charge in [-0.1, -0.05) is 39.8 Å². The summed E-state index contributed by atoms with van der Waals surface area (Å²) in [5.41, 5.74) is 2.80. The Kier molecular flexibility index (Phi) is 6.24. The molecule has 0 aliphatic rings. The van der Waals surface area contributed by atoms with Crippen LogP contribution in [0.15, 0.2) is 24.3 Å². The molecule has 18 heavy (non-hydrogen) atoms. The summed E-state index contributed by atoms with van der Waals surface area (Å²) in [5.74, 6) is 1.57. The van der Waals surface area contributed by atoms with E-state index in [2.05, 4.69) is 63.9 Å². The lowest BCUT2D eigenvalue weighted by Crippen LogP contribution is -2.19. The lowest BCUT2D eigenvalue weighted by molar-refractivity contribution is 0.584. The molecule has 1 aromatic rings. The van der Waals surface area contributed by atoms with Crippen LogP contribution in [0.2, 0.25) is 0 Å². The van der Waals surface area contributed by atoms with Crippen molar-refractivity contribution in [3.05, 3.63) is 29.8 Å². The second kappa shape index (κ2) is 7.45. The first-order chi connectivity index (χ1) is 8.49. The molecule has 0 aliphatic heterocycles. The maximum absolute atomic E-state index is 2.35. The van der Waals surface area contributed by atoms with E-state index < -0.39 is 0 Å². The first-order valence-electron chi connectivity index (χ1n) is 7.29. The number of rotatable bonds is 7. The highest BCUT2D eigenvalue weighted by atomic mass is 15.1. The van der Waals surface area contributed by atoms with Crippen LogP contribution in [0.1, 0.15) is 46.1 Å². The van der Waals surface area contributed by atoms with Crippen molar-refractivity contribution < 1.29 is 0 Å². The number of hydrogen-bond donors (Lipinski definition) is 0. The molecule has 1 rings (SSSR count). The van der Waals surface area contributed by atoms with E-state index in [0.29, 0.717) is 0 Å². The Morgan fingerprint density at radius 1 is 0.889 bits per heavy atom. The van der Waals surface area contributed by atoms with E-state index in [1.165, 1.54) is 30.5 Å². The quantitative estimate of drug-likeness (QED) is 0.671. The molecule has 0 radical (unpaired) electrons. The van der Waals surface area contributed by atoms with Crippen LogP contribution in [0, 0.1) is 11.8 Å². The molecule has 0 aromatic heterocycles. The van der Waals surface area contributed by atoms with Crippen LogP contribution in [0.3, 0.4) is 0 Å². The van der Waals surface area contributed by atoms with E-state index in [-0.39, 0.29) is 0 Å². The molecule has 0 amide bonds. The summed E-state index contributed by atoms with van der Waals surface area (Å²) in [6, 6.07) is 9.08. The average Bonchev–Trinajstić information content (AvgIpc) is 2.34. The molecule has 0 unspecified atom stereocenters. The smallest absolute Gasteiger partial charge is 0.0363 e. The van der Waals surface area contributed by atoms with Crippen LogP contribution in [0.4, 0.5) is 5.69 Å². The van der Waals surface area contributed by atoms with Gasteiger partial charge in [-0.15, -0.1) is 0 Å². The first-order valence-corrected chi connectivity index (χ1v) is 7.29. The Morgan fingerprint density at radius 2 is 1.44 bits per heavy atom. The number of hydrogen-bond acceptors (Lipinski definition) is 1. The molecule has 0 saturated heterocycles. The fourth-order valence-electron chi connectivity index (χ4n) is 1.95. The van der Waals surface area contributed by atoms with Crippen LogP contribution < -0.4 is 4.90 Å². The highest BCUT2D eigenvalue weighted by molar-refractivity contribution is 5.46. The van der Waals surface area contributed by atoms with E-state index in [4.69, 9.17) is 0 Å². The molecular weight excluding hydrogens is 218 g/mol. The van der Waals surface area contributed by atoms with Gasteiger partial charge in [0.2, 0.25) is 0 Å². The Bertz CT molecular complexity index is 324. The topological polar surface area (TPSA) is 3.24 Å². The number of nitrogens with zero attached hydrogens (tertiary/aromatic N) is 1. The highest BCUT2D eigenvalue weighted by Gasteiger charge is 2.03. The number of benzene rings is 1. The highest BCUT2D eigenvalue weighted by Crippen LogP contribution is 2.17. The zero-order valence-corrected chi connectivity index (χ0v) is 12.7. The summed E-state index contributed by atoms with van der Waals surface area (Å²) in [4.78, 5) is 2.35. The normalized spacial score (nSPS) is 11.3. The molecule has 102 valence electrons. The SMILES string of the molecule is CC(C)CCc1ccc(N(C)CCC(C)C)cc1. The Balaban J connectivity index is 2.48. The van der Waals surface area contributed by atoms with Gasteiger partial charge in [0.15, 0.2) is 0 Å². The third-order valence-corrected chi connectivity index (χ3v) is 3.43. The molecule has 1 heteroatoms. The summed E-state index contributed by atoms with van der Waals surface area (Å²) in [5, 5.41) is 0. The van der Waals surface area contributed by atoms with Crippen LogP contribution in [-0.4, -0.2) is 13.6 Å². The van der Waals surface area contributed by atoms with E-state index in [9.17, 15) is 0 Å². The summed E-state index contributed by atoms with van der Waals surface area (Å²) < 4.78 is 0. The van der Waals surface area contributed by atoms with Crippen LogP contribution in [-0.2, 0) is 6.42 Å². The number of aryl methyl sites for hydroxylation is 1. The lowest BCUT2D eigenvalue weighted by Gasteiger charge is -2.20. The summed E-state index contributed by atoms with van der Waals surface area (Å²) >= 11 is 0. The number of anilines is 1. The van der Waals surface area contributed by atoms with Gasteiger partial charge < -0.3 is 4.90 Å². The molecule has 1 nitrogen and oxygen atoms in total. The predicted molar refractivity (Wildman–Crippen MR) is 82.3 cm³/mol. The van der Waals surface area contributed by atoms with Gasteiger partial charge in [0.05, 0.1) is 0 Å². The van der Waals surface area contributed by atoms with Gasteiger partial charge in [-0.3, -0.25) is 0 Å². The summed E-state index contributed by atoms with van der Waals surface area (Å²) in [6.07, 6.45) is 3.74. The molecule has 0 bridgehead atoms. The minimum absolute atomic E-state index is 0.776. The largest absolute Gasteiger partial charge is 0.375 e. The van der Waals surface area contributed by atoms with Gasteiger partial charge in [-0.2, -0.15) is 0 Å². The first kappa shape index (κ1) is 15.1. The zero-order chi connectivity index (χ0) is 13.5. The lowest BCUT2D eigenvalue weighted by atomic mass is 10.0. The van der Waals surface area contributed by atoms with Crippen molar-refractivity contribution in [2.45, 2.75) is 47.0 Å². The predicted octanol–water partition coefficient (Wildman–Crippen LogP) is 4.76. The fraction of sp³-hybridized carbons (Fsp3) is 0.647. The minimum Gasteiger partial charge on any atom is -0.375 e. The third kappa shape index (κ3) is 5.57. The fourth-order valence-corrected chi connectivity index (χ4v) is 1.95. The van der Waals surface area contributed by atoms with Crippen molar-refractivity contribution in [2.75, 3.05) is 18.5 Å². The third-order valence-electron chi connectivity index (χ3n) is 3.43. The molecule has 0 aliphatic carbocycles. The molecule has 0 spiro atoms. The average molecular weight is 247 g/mol. The van der Waals surface area contributed by atoms with Gasteiger partial charge >= 0.3 is 0 Å². The molecule has 0 atom stereocenters. The Labute approximate surface area is 113 Å². The monoisotopic (exact) mass is 247 g/mol. The van der Waals surface area contributed by atoms with Crippen molar-refractivity contribution >= 4 is 5.69 Å². The van der Waals surface area contributed by atoms with Gasteiger partial charge in [0.1, 0.15) is 0 Å². The second-order valence-electron chi connectivity index (χ2n) is 6.20. The van der Waals surface area contributed by atoms with Crippen LogP contribution in [0.25, 0.3) is 0 Å². The zero-order valence-electron chi connectivity index (χ0n) is 12.7.